The molecule has 0 aromatic carbocycles. The van der Waals surface area contributed by atoms with E-state index in [1.165, 1.54) is 0 Å². The molecule has 20 heavy (non-hydrogen) atoms. The van der Waals surface area contributed by atoms with Gasteiger partial charge in [-0.05, 0) is 25.7 Å². The van der Waals surface area contributed by atoms with Crippen LogP contribution in [0.5, 0.6) is 0 Å². The molecule has 0 aromatic heterocycles. The van der Waals surface area contributed by atoms with Crippen LogP contribution in [0.1, 0.15) is 72.1 Å². The molecule has 4 heteroatoms. The van der Waals surface area contributed by atoms with Gasteiger partial charge in [0.15, 0.2) is 0 Å². The molecule has 0 saturated heterocycles. The molecule has 1 radical (unpaired) electrons. The van der Waals surface area contributed by atoms with Gasteiger partial charge in [0.25, 0.3) is 0 Å². The largest absolute Gasteiger partial charge is 0.500 e. The second kappa shape index (κ2) is 14.1. The van der Waals surface area contributed by atoms with Crippen molar-refractivity contribution in [3.8, 4) is 0 Å². The molecule has 0 heterocycles. The molecule has 0 fully saturated rings. The van der Waals surface area contributed by atoms with Crippen molar-refractivity contribution < 1.29 is 13.3 Å². The highest BCUT2D eigenvalue weighted by Gasteiger charge is 2.40. The van der Waals surface area contributed by atoms with Gasteiger partial charge < -0.3 is 13.3 Å². The second-order valence-electron chi connectivity index (χ2n) is 5.25. The Hall–Kier alpha value is 0.0969. The summed E-state index contributed by atoms with van der Waals surface area (Å²) in [7, 11) is -2.47. The minimum atomic E-state index is -2.47. The predicted molar refractivity (Wildman–Crippen MR) is 87.7 cm³/mol. The van der Waals surface area contributed by atoms with Gasteiger partial charge in [-0.1, -0.05) is 53.4 Å². The third-order valence-corrected chi connectivity index (χ3v) is 6.09. The van der Waals surface area contributed by atoms with E-state index in [-0.39, 0.29) is 0 Å². The first-order valence-corrected chi connectivity index (χ1v) is 10.4. The average Bonchev–Trinajstić information content (AvgIpc) is 2.46. The van der Waals surface area contributed by atoms with Crippen molar-refractivity contribution in [3.05, 3.63) is 6.92 Å². The van der Waals surface area contributed by atoms with Crippen molar-refractivity contribution in [3.63, 3.8) is 0 Å². The van der Waals surface area contributed by atoms with E-state index in [0.717, 1.165) is 77.2 Å². The minimum Gasteiger partial charge on any atom is -0.373 e. The summed E-state index contributed by atoms with van der Waals surface area (Å²) in [6, 6.07) is 0.910. The maximum atomic E-state index is 6.13. The molecule has 0 N–H and O–H groups in total. The zero-order chi connectivity index (χ0) is 15.1. The lowest BCUT2D eigenvalue weighted by Crippen LogP contribution is -2.46. The third kappa shape index (κ3) is 9.92. The lowest BCUT2D eigenvalue weighted by atomic mass is 10.4. The quantitative estimate of drug-likeness (QED) is 0.315. The van der Waals surface area contributed by atoms with Crippen LogP contribution < -0.4 is 0 Å². The summed E-state index contributed by atoms with van der Waals surface area (Å²) in [6.45, 7) is 12.8. The Labute approximate surface area is 127 Å². The molecule has 0 unspecified atom stereocenters. The molecule has 0 aromatic rings. The molecule has 0 amide bonds. The van der Waals surface area contributed by atoms with Gasteiger partial charge >= 0.3 is 8.80 Å². The van der Waals surface area contributed by atoms with E-state index < -0.39 is 8.80 Å². The molecule has 121 valence electrons. The molecule has 0 aliphatic carbocycles. The number of unbranched alkanes of at least 4 members (excludes halogenated alkanes) is 4. The summed E-state index contributed by atoms with van der Waals surface area (Å²) in [5.41, 5.74) is 0. The van der Waals surface area contributed by atoms with Crippen LogP contribution >= 0.6 is 0 Å². The van der Waals surface area contributed by atoms with Gasteiger partial charge in [-0.15, -0.1) is 0 Å². The van der Waals surface area contributed by atoms with E-state index in [2.05, 4.69) is 27.7 Å². The Balaban J connectivity index is 4.48. The fraction of sp³-hybridized carbons (Fsp3) is 0.938. The summed E-state index contributed by atoms with van der Waals surface area (Å²) in [6.07, 6.45) is 8.60. The Morgan fingerprint density at radius 3 is 1.40 bits per heavy atom. The number of hydrogen-bond donors (Lipinski definition) is 0. The minimum absolute atomic E-state index is 0.762. The summed E-state index contributed by atoms with van der Waals surface area (Å²) in [5.74, 6) is 0. The predicted octanol–water partition coefficient (Wildman–Crippen LogP) is 4.99. The smallest absolute Gasteiger partial charge is 0.373 e. The fourth-order valence-corrected chi connectivity index (χ4v) is 4.53. The van der Waals surface area contributed by atoms with E-state index in [1.807, 2.05) is 0 Å². The highest BCUT2D eigenvalue weighted by atomic mass is 28.4. The van der Waals surface area contributed by atoms with E-state index in [0.29, 0.717) is 0 Å². The van der Waals surface area contributed by atoms with Crippen LogP contribution in [0.4, 0.5) is 0 Å². The highest BCUT2D eigenvalue weighted by Crippen LogP contribution is 2.21. The summed E-state index contributed by atoms with van der Waals surface area (Å²) >= 11 is 0. The van der Waals surface area contributed by atoms with Crippen molar-refractivity contribution >= 4 is 8.80 Å². The van der Waals surface area contributed by atoms with Crippen LogP contribution in [0.3, 0.4) is 0 Å². The van der Waals surface area contributed by atoms with E-state index in [1.54, 1.807) is 0 Å². The Kier molecular flexibility index (Phi) is 14.1. The Morgan fingerprint density at radius 1 is 0.700 bits per heavy atom. The van der Waals surface area contributed by atoms with Crippen LogP contribution in [-0.4, -0.2) is 28.6 Å². The van der Waals surface area contributed by atoms with Gasteiger partial charge in [-0.25, -0.2) is 0 Å². The monoisotopic (exact) mass is 303 g/mol. The Morgan fingerprint density at radius 2 is 1.10 bits per heavy atom. The normalized spacial score (nSPS) is 12.0. The number of hydrogen-bond acceptors (Lipinski definition) is 3. The van der Waals surface area contributed by atoms with Crippen LogP contribution in [0.15, 0.2) is 0 Å². The van der Waals surface area contributed by atoms with Crippen LogP contribution in [0.2, 0.25) is 6.04 Å². The van der Waals surface area contributed by atoms with Gasteiger partial charge in [-0.2, -0.15) is 0 Å². The standard InChI is InChI=1S/C16H35O3Si/c1-5-9-13-17-20(16-12-8-4,18-14-10-6-2)19-15-11-7-3/h4-16H2,1-3H3. The van der Waals surface area contributed by atoms with E-state index in [9.17, 15) is 0 Å². The second-order valence-corrected chi connectivity index (χ2v) is 7.98. The van der Waals surface area contributed by atoms with Gasteiger partial charge in [-0.3, -0.25) is 0 Å². The van der Waals surface area contributed by atoms with E-state index in [4.69, 9.17) is 13.3 Å². The third-order valence-electron chi connectivity index (χ3n) is 3.19. The molecule has 0 spiro atoms. The van der Waals surface area contributed by atoms with Crippen molar-refractivity contribution in [2.45, 2.75) is 78.2 Å². The van der Waals surface area contributed by atoms with Gasteiger partial charge in [0.1, 0.15) is 0 Å². The van der Waals surface area contributed by atoms with Crippen molar-refractivity contribution in [2.24, 2.45) is 0 Å². The first-order valence-electron chi connectivity index (χ1n) is 8.45. The summed E-state index contributed by atoms with van der Waals surface area (Å²) in [4.78, 5) is 0. The molecular weight excluding hydrogens is 268 g/mol. The SMILES string of the molecule is [CH2]CCC[Si](OCCCC)(OCCCC)OCCCC. The molecular formula is C16H35O3Si. The van der Waals surface area contributed by atoms with E-state index >= 15 is 0 Å². The van der Waals surface area contributed by atoms with Crippen molar-refractivity contribution in [1.82, 2.24) is 0 Å². The maximum Gasteiger partial charge on any atom is 0.500 e. The number of rotatable bonds is 15. The van der Waals surface area contributed by atoms with Crippen LogP contribution in [0.25, 0.3) is 0 Å². The lowest BCUT2D eigenvalue weighted by molar-refractivity contribution is 0.0559. The lowest BCUT2D eigenvalue weighted by Gasteiger charge is -2.30. The van der Waals surface area contributed by atoms with Gasteiger partial charge in [0.2, 0.25) is 0 Å². The van der Waals surface area contributed by atoms with Crippen molar-refractivity contribution in [2.75, 3.05) is 19.8 Å². The van der Waals surface area contributed by atoms with Crippen LogP contribution in [0, 0.1) is 6.92 Å². The Bertz CT molecular complexity index is 174. The maximum absolute atomic E-state index is 6.13. The zero-order valence-corrected chi connectivity index (χ0v) is 14.9. The highest BCUT2D eigenvalue weighted by molar-refractivity contribution is 6.60. The molecule has 0 aliphatic rings. The van der Waals surface area contributed by atoms with Gasteiger partial charge in [0, 0.05) is 25.9 Å². The molecule has 0 atom stereocenters. The summed E-state index contributed by atoms with van der Waals surface area (Å²) < 4.78 is 18.4. The molecule has 0 bridgehead atoms. The molecule has 0 saturated carbocycles. The summed E-state index contributed by atoms with van der Waals surface area (Å²) in [5, 5.41) is 0. The van der Waals surface area contributed by atoms with Crippen molar-refractivity contribution in [1.29, 1.82) is 0 Å². The first-order chi connectivity index (χ1) is 9.74. The van der Waals surface area contributed by atoms with Gasteiger partial charge in [0.05, 0.1) is 0 Å². The van der Waals surface area contributed by atoms with Crippen LogP contribution in [-0.2, 0) is 13.3 Å². The zero-order valence-electron chi connectivity index (χ0n) is 13.9. The molecule has 3 nitrogen and oxygen atoms in total. The topological polar surface area (TPSA) is 27.7 Å². The molecule has 0 rings (SSSR count). The fourth-order valence-electron chi connectivity index (χ4n) is 1.80. The average molecular weight is 304 g/mol. The first kappa shape index (κ1) is 20.1. The molecule has 0 aliphatic heterocycles.